The van der Waals surface area contributed by atoms with Crippen LogP contribution >= 0.6 is 27.7 Å². The molecule has 1 aromatic heterocycles. The second-order valence-corrected chi connectivity index (χ2v) is 12.0. The molecule has 1 fully saturated rings. The second kappa shape index (κ2) is 11.4. The number of aromatic nitrogens is 1. The average molecular weight is 616 g/mol. The first-order valence-electron chi connectivity index (χ1n) is 13.2. The Morgan fingerprint density at radius 3 is 2.65 bits per heavy atom. The Morgan fingerprint density at radius 2 is 1.88 bits per heavy atom. The topological polar surface area (TPSA) is 91.4 Å². The Labute approximate surface area is 245 Å². The summed E-state index contributed by atoms with van der Waals surface area (Å²) in [4.78, 5) is 45.8. The maximum absolute atomic E-state index is 13.8. The van der Waals surface area contributed by atoms with Crippen molar-refractivity contribution in [2.75, 3.05) is 17.6 Å². The van der Waals surface area contributed by atoms with Gasteiger partial charge in [0.05, 0.1) is 10.9 Å². The Morgan fingerprint density at radius 1 is 1.05 bits per heavy atom. The number of nitrogens with one attached hydrogen (secondary N) is 2. The predicted molar refractivity (Wildman–Crippen MR) is 161 cm³/mol. The highest BCUT2D eigenvalue weighted by Crippen LogP contribution is 2.37. The van der Waals surface area contributed by atoms with Crippen LogP contribution in [0.1, 0.15) is 40.1 Å². The van der Waals surface area contributed by atoms with E-state index in [-0.39, 0.29) is 23.8 Å². The number of allylic oxidation sites excluding steroid dienone is 5. The van der Waals surface area contributed by atoms with Crippen LogP contribution in [0.25, 0.3) is 0 Å². The molecular formula is C31H27BrN4O3S. The molecule has 2 aliphatic carbocycles. The number of carbonyl (C=O) groups is 3. The van der Waals surface area contributed by atoms with Crippen molar-refractivity contribution in [2.24, 2.45) is 0 Å². The number of anilines is 1. The number of fused-ring (bicyclic) bond motifs is 2. The molecule has 6 rings (SSSR count). The van der Waals surface area contributed by atoms with Gasteiger partial charge in [-0.3, -0.25) is 19.4 Å². The maximum atomic E-state index is 13.8. The highest BCUT2D eigenvalue weighted by Gasteiger charge is 2.30. The third kappa shape index (κ3) is 5.90. The summed E-state index contributed by atoms with van der Waals surface area (Å²) in [6.07, 6.45) is 16.6. The first-order valence-corrected chi connectivity index (χ1v) is 15.0. The van der Waals surface area contributed by atoms with Gasteiger partial charge in [-0.25, -0.2) is 0 Å². The second-order valence-electron chi connectivity index (χ2n) is 10.0. The van der Waals surface area contributed by atoms with E-state index in [1.165, 1.54) is 5.57 Å². The molecule has 1 atom stereocenters. The summed E-state index contributed by atoms with van der Waals surface area (Å²) in [5, 5.41) is 5.92. The van der Waals surface area contributed by atoms with Crippen LogP contribution in [0.3, 0.4) is 0 Å². The number of rotatable bonds is 5. The van der Waals surface area contributed by atoms with Crippen molar-refractivity contribution in [1.82, 2.24) is 15.2 Å². The molecule has 2 bridgehead atoms. The maximum Gasteiger partial charge on any atom is 0.274 e. The first kappa shape index (κ1) is 26.5. The Hall–Kier alpha value is -3.69. The molecule has 4 aliphatic rings. The van der Waals surface area contributed by atoms with Gasteiger partial charge in [0.2, 0.25) is 0 Å². The number of carbonyl (C=O) groups excluding carboxylic acids is 3. The molecule has 0 spiro atoms. The highest BCUT2D eigenvalue weighted by molar-refractivity contribution is 9.10. The minimum atomic E-state index is -0.328. The van der Waals surface area contributed by atoms with E-state index in [1.54, 1.807) is 54.4 Å². The van der Waals surface area contributed by atoms with Gasteiger partial charge in [-0.1, -0.05) is 46.3 Å². The molecule has 1 saturated carbocycles. The van der Waals surface area contributed by atoms with Crippen molar-refractivity contribution >= 4 is 51.1 Å². The van der Waals surface area contributed by atoms with E-state index in [9.17, 15) is 14.4 Å². The van der Waals surface area contributed by atoms with Crippen LogP contribution < -0.4 is 10.6 Å². The monoisotopic (exact) mass is 614 g/mol. The largest absolute Gasteiger partial charge is 0.349 e. The summed E-state index contributed by atoms with van der Waals surface area (Å²) < 4.78 is 0.768. The van der Waals surface area contributed by atoms with Gasteiger partial charge in [-0.05, 0) is 78.5 Å². The summed E-state index contributed by atoms with van der Waals surface area (Å²) in [6, 6.07) is 10.4. The zero-order valence-corrected chi connectivity index (χ0v) is 24.0. The molecule has 0 radical (unpaired) electrons. The zero-order valence-electron chi connectivity index (χ0n) is 21.6. The van der Waals surface area contributed by atoms with Gasteiger partial charge in [0.1, 0.15) is 5.69 Å². The smallest absolute Gasteiger partial charge is 0.274 e. The van der Waals surface area contributed by atoms with Gasteiger partial charge in [0.25, 0.3) is 17.7 Å². The fraction of sp³-hybridized carbons (Fsp3) is 0.226. The molecule has 40 heavy (non-hydrogen) atoms. The molecule has 2 aliphatic heterocycles. The van der Waals surface area contributed by atoms with E-state index in [0.29, 0.717) is 36.0 Å². The lowest BCUT2D eigenvalue weighted by Gasteiger charge is -2.32. The molecule has 1 unspecified atom stereocenters. The van der Waals surface area contributed by atoms with Crippen molar-refractivity contribution < 1.29 is 14.4 Å². The van der Waals surface area contributed by atoms with Crippen LogP contribution in [0.15, 0.2) is 105 Å². The van der Waals surface area contributed by atoms with E-state index < -0.39 is 0 Å². The van der Waals surface area contributed by atoms with Crippen molar-refractivity contribution in [2.45, 2.75) is 31.3 Å². The van der Waals surface area contributed by atoms with E-state index in [4.69, 9.17) is 0 Å². The van der Waals surface area contributed by atoms with Gasteiger partial charge >= 0.3 is 0 Å². The molecule has 202 valence electrons. The zero-order chi connectivity index (χ0) is 27.6. The van der Waals surface area contributed by atoms with Crippen molar-refractivity contribution in [1.29, 1.82) is 0 Å². The summed E-state index contributed by atoms with van der Waals surface area (Å²) in [7, 11) is 0. The quantitative estimate of drug-likeness (QED) is 0.459. The van der Waals surface area contributed by atoms with Gasteiger partial charge in [-0.2, -0.15) is 0 Å². The number of hydrogen-bond donors (Lipinski definition) is 2. The molecule has 0 saturated heterocycles. The minimum absolute atomic E-state index is 0.00170. The molecule has 3 heterocycles. The van der Waals surface area contributed by atoms with Crippen LogP contribution in [0.4, 0.5) is 5.69 Å². The molecule has 1 aromatic carbocycles. The molecule has 7 nitrogen and oxygen atoms in total. The van der Waals surface area contributed by atoms with Gasteiger partial charge in [0.15, 0.2) is 0 Å². The van der Waals surface area contributed by atoms with E-state index in [1.807, 2.05) is 29.2 Å². The number of amides is 3. The third-order valence-corrected chi connectivity index (χ3v) is 8.72. The fourth-order valence-corrected chi connectivity index (χ4v) is 6.28. The van der Waals surface area contributed by atoms with Crippen molar-refractivity contribution in [3.8, 4) is 0 Å². The predicted octanol–water partition coefficient (Wildman–Crippen LogP) is 5.57. The molecule has 2 aromatic rings. The Kier molecular flexibility index (Phi) is 7.58. The normalized spacial score (nSPS) is 19.9. The van der Waals surface area contributed by atoms with Crippen LogP contribution in [0.2, 0.25) is 0 Å². The lowest BCUT2D eigenvalue weighted by Crippen LogP contribution is -2.40. The number of nitrogens with zero attached hydrogens (tertiary/aromatic N) is 2. The summed E-state index contributed by atoms with van der Waals surface area (Å²) in [6.45, 7) is 0.516. The van der Waals surface area contributed by atoms with Crippen LogP contribution in [-0.2, 0) is 4.79 Å². The van der Waals surface area contributed by atoms with Crippen molar-refractivity contribution in [3.63, 3.8) is 0 Å². The summed E-state index contributed by atoms with van der Waals surface area (Å²) >= 11 is 4.93. The molecule has 2 N–H and O–H groups in total. The standard InChI is InChI=1S/C31H27BrN4O3S/c32-22-11-13-33-27(17-22)29(37)34-23-7-5-19(6-8-23)31(39)36-14-12-21-16-28(30(38)35-24-9-10-24)40-18-26(21)20-3-1-2-4-25(36)15-20/h1-8,11,13,15-17,24-25H,9-10,12,14,18H2,(H,34,37)(H,35,38). The van der Waals surface area contributed by atoms with Crippen LogP contribution in [0.5, 0.6) is 0 Å². The summed E-state index contributed by atoms with van der Waals surface area (Å²) in [5.41, 5.74) is 4.83. The van der Waals surface area contributed by atoms with Gasteiger partial charge < -0.3 is 15.5 Å². The molecule has 9 heteroatoms. The van der Waals surface area contributed by atoms with Crippen molar-refractivity contribution in [3.05, 3.63) is 116 Å². The molecular weight excluding hydrogens is 588 g/mol. The first-order chi connectivity index (χ1) is 19.4. The van der Waals surface area contributed by atoms with Gasteiger partial charge in [0, 0.05) is 40.3 Å². The Bertz CT molecular complexity index is 1540. The average Bonchev–Trinajstić information content (AvgIpc) is 3.80. The number of thioether (sulfide) groups is 1. The highest BCUT2D eigenvalue weighted by atomic mass is 79.9. The minimum Gasteiger partial charge on any atom is -0.349 e. The van der Waals surface area contributed by atoms with Crippen LogP contribution in [0, 0.1) is 0 Å². The number of hydrogen-bond acceptors (Lipinski definition) is 5. The number of halogens is 1. The number of benzene rings is 1. The van der Waals surface area contributed by atoms with E-state index in [2.05, 4.69) is 43.7 Å². The van der Waals surface area contributed by atoms with E-state index >= 15 is 0 Å². The van der Waals surface area contributed by atoms with E-state index in [0.717, 1.165) is 39.1 Å². The van der Waals surface area contributed by atoms with Gasteiger partial charge in [-0.15, -0.1) is 11.8 Å². The Balaban J connectivity index is 1.20. The lowest BCUT2D eigenvalue weighted by atomic mass is 9.93. The number of pyridine rings is 1. The fourth-order valence-electron chi connectivity index (χ4n) is 4.88. The lowest BCUT2D eigenvalue weighted by molar-refractivity contribution is -0.116. The molecule has 3 amide bonds. The SMILES string of the molecule is O=C(NC1CC1)C1=CC2=C(CS1)C1=CC(C=CC=C1)N(C(=O)c1ccc(NC(=O)c3cc(Br)ccn3)cc1)CC2. The summed E-state index contributed by atoms with van der Waals surface area (Å²) in [5.74, 6) is 0.315. The van der Waals surface area contributed by atoms with Crippen LogP contribution in [-0.4, -0.2) is 52.0 Å². The third-order valence-electron chi connectivity index (χ3n) is 7.18.